The van der Waals surface area contributed by atoms with Gasteiger partial charge in [0.1, 0.15) is 5.54 Å². The highest BCUT2D eigenvalue weighted by molar-refractivity contribution is 6.31. The average molecular weight is 501 g/mol. The van der Waals surface area contributed by atoms with Gasteiger partial charge in [-0.1, -0.05) is 41.4 Å². The highest BCUT2D eigenvalue weighted by atomic mass is 35.5. The van der Waals surface area contributed by atoms with E-state index in [1.54, 1.807) is 0 Å². The van der Waals surface area contributed by atoms with Crippen molar-refractivity contribution in [3.05, 3.63) is 63.6 Å². The number of nitrogens with zero attached hydrogens (tertiary/aromatic N) is 3. The van der Waals surface area contributed by atoms with Crippen molar-refractivity contribution in [2.75, 3.05) is 51.6 Å². The SMILES string of the molecule is CN1CCN(C(=O)C2CCCN(C3(Cc4cccc(Cl)c4)C(=O)Nc4cc(Cl)ccc43)C2)CC1. The van der Waals surface area contributed by atoms with E-state index in [1.165, 1.54) is 0 Å². The van der Waals surface area contributed by atoms with Gasteiger partial charge in [-0.05, 0) is 56.3 Å². The highest BCUT2D eigenvalue weighted by Crippen LogP contribution is 2.45. The molecule has 0 aromatic heterocycles. The topological polar surface area (TPSA) is 55.9 Å². The van der Waals surface area contributed by atoms with Crippen LogP contribution in [0.3, 0.4) is 0 Å². The number of fused-ring (bicyclic) bond motifs is 1. The van der Waals surface area contributed by atoms with Crippen LogP contribution in [0.15, 0.2) is 42.5 Å². The number of hydrogen-bond donors (Lipinski definition) is 1. The van der Waals surface area contributed by atoms with Gasteiger partial charge in [-0.3, -0.25) is 14.5 Å². The molecular formula is C26H30Cl2N4O2. The summed E-state index contributed by atoms with van der Waals surface area (Å²) in [5.74, 6) is 0.0282. The van der Waals surface area contributed by atoms with Gasteiger partial charge in [-0.25, -0.2) is 0 Å². The number of anilines is 1. The van der Waals surface area contributed by atoms with Crippen molar-refractivity contribution in [3.63, 3.8) is 0 Å². The number of carbonyl (C=O) groups is 2. The molecule has 2 fully saturated rings. The van der Waals surface area contributed by atoms with Crippen molar-refractivity contribution in [1.29, 1.82) is 0 Å². The maximum Gasteiger partial charge on any atom is 0.249 e. The Balaban J connectivity index is 1.48. The van der Waals surface area contributed by atoms with Crippen LogP contribution in [0.4, 0.5) is 5.69 Å². The van der Waals surface area contributed by atoms with Gasteiger partial charge >= 0.3 is 0 Å². The van der Waals surface area contributed by atoms with Crippen molar-refractivity contribution in [2.45, 2.75) is 24.8 Å². The molecule has 1 N–H and O–H groups in total. The van der Waals surface area contributed by atoms with Crippen LogP contribution in [0.2, 0.25) is 10.0 Å². The van der Waals surface area contributed by atoms with E-state index in [4.69, 9.17) is 23.2 Å². The monoisotopic (exact) mass is 500 g/mol. The lowest BCUT2D eigenvalue weighted by atomic mass is 9.80. The van der Waals surface area contributed by atoms with Gasteiger partial charge in [-0.2, -0.15) is 0 Å². The molecule has 2 aromatic rings. The first-order valence-electron chi connectivity index (χ1n) is 11.9. The molecule has 6 nitrogen and oxygen atoms in total. The zero-order valence-corrected chi connectivity index (χ0v) is 20.9. The molecule has 0 saturated carbocycles. The minimum Gasteiger partial charge on any atom is -0.340 e. The number of piperidine rings is 1. The summed E-state index contributed by atoms with van der Waals surface area (Å²) in [7, 11) is 2.09. The van der Waals surface area contributed by atoms with E-state index >= 15 is 0 Å². The van der Waals surface area contributed by atoms with Gasteiger partial charge in [0.25, 0.3) is 0 Å². The molecule has 0 aliphatic carbocycles. The summed E-state index contributed by atoms with van der Waals surface area (Å²) in [6.07, 6.45) is 2.20. The number of carbonyl (C=O) groups excluding carboxylic acids is 2. The third kappa shape index (κ3) is 4.33. The first-order valence-corrected chi connectivity index (χ1v) is 12.7. The van der Waals surface area contributed by atoms with Crippen LogP contribution in [-0.2, 0) is 21.5 Å². The first kappa shape index (κ1) is 23.6. The molecule has 0 spiro atoms. The largest absolute Gasteiger partial charge is 0.340 e. The Labute approximate surface area is 210 Å². The van der Waals surface area contributed by atoms with Crippen LogP contribution in [0.1, 0.15) is 24.0 Å². The van der Waals surface area contributed by atoms with Crippen LogP contribution < -0.4 is 5.32 Å². The predicted molar refractivity (Wildman–Crippen MR) is 135 cm³/mol. The molecule has 2 atom stereocenters. The summed E-state index contributed by atoms with van der Waals surface area (Å²) in [6, 6.07) is 13.3. The fraction of sp³-hybridized carbons (Fsp3) is 0.462. The Hall–Kier alpha value is -2.12. The minimum absolute atomic E-state index is 0.0718. The fourth-order valence-electron chi connectivity index (χ4n) is 5.68. The number of halogens is 2. The van der Waals surface area contributed by atoms with Gasteiger partial charge in [0.15, 0.2) is 0 Å². The number of likely N-dealkylation sites (tertiary alicyclic amines) is 1. The molecular weight excluding hydrogens is 471 g/mol. The van der Waals surface area contributed by atoms with E-state index in [0.29, 0.717) is 23.0 Å². The summed E-state index contributed by atoms with van der Waals surface area (Å²) >= 11 is 12.6. The lowest BCUT2D eigenvalue weighted by molar-refractivity contribution is -0.142. The van der Waals surface area contributed by atoms with E-state index in [-0.39, 0.29) is 17.7 Å². The lowest BCUT2D eigenvalue weighted by Gasteiger charge is -2.45. The van der Waals surface area contributed by atoms with Crippen molar-refractivity contribution >= 4 is 40.7 Å². The van der Waals surface area contributed by atoms with E-state index in [0.717, 1.165) is 62.4 Å². The Morgan fingerprint density at radius 3 is 2.59 bits per heavy atom. The standard InChI is InChI=1S/C26H30Cl2N4O2/c1-30-10-12-31(13-11-30)24(33)19-5-3-9-32(17-19)26(16-18-4-2-6-20(27)14-18)22-8-7-21(28)15-23(22)29-25(26)34/h2,4,6-8,14-15,19H,3,5,9-13,16-17H2,1H3,(H,29,34). The number of benzene rings is 2. The quantitative estimate of drug-likeness (QED) is 0.692. The van der Waals surface area contributed by atoms with Gasteiger partial charge in [0.2, 0.25) is 11.8 Å². The smallest absolute Gasteiger partial charge is 0.249 e. The molecule has 0 bridgehead atoms. The Morgan fingerprint density at radius 1 is 1.06 bits per heavy atom. The molecule has 0 radical (unpaired) electrons. The van der Waals surface area contributed by atoms with Gasteiger partial charge in [0, 0.05) is 60.4 Å². The second-order valence-corrected chi connectivity index (χ2v) is 10.6. The average Bonchev–Trinajstić information content (AvgIpc) is 3.10. The second kappa shape index (κ2) is 9.50. The second-order valence-electron chi connectivity index (χ2n) is 9.72. The summed E-state index contributed by atoms with van der Waals surface area (Å²) < 4.78 is 0. The van der Waals surface area contributed by atoms with Crippen LogP contribution in [0, 0.1) is 5.92 Å². The van der Waals surface area contributed by atoms with Gasteiger partial charge in [0.05, 0.1) is 5.92 Å². The number of rotatable bonds is 4. The Kier molecular flexibility index (Phi) is 6.60. The molecule has 3 aliphatic heterocycles. The zero-order chi connectivity index (χ0) is 23.9. The Bertz CT molecular complexity index is 1100. The third-order valence-electron chi connectivity index (χ3n) is 7.53. The van der Waals surface area contributed by atoms with Crippen LogP contribution in [-0.4, -0.2) is 72.8 Å². The van der Waals surface area contributed by atoms with Gasteiger partial charge in [-0.15, -0.1) is 0 Å². The van der Waals surface area contributed by atoms with Crippen molar-refractivity contribution in [1.82, 2.24) is 14.7 Å². The number of likely N-dealkylation sites (N-methyl/N-ethyl adjacent to an activating group) is 1. The number of amides is 2. The Morgan fingerprint density at radius 2 is 1.82 bits per heavy atom. The fourth-order valence-corrected chi connectivity index (χ4v) is 6.07. The molecule has 180 valence electrons. The minimum atomic E-state index is -0.911. The van der Waals surface area contributed by atoms with Crippen LogP contribution >= 0.6 is 23.2 Å². The van der Waals surface area contributed by atoms with Gasteiger partial charge < -0.3 is 15.1 Å². The first-order chi connectivity index (χ1) is 16.4. The molecule has 2 unspecified atom stereocenters. The molecule has 2 saturated heterocycles. The molecule has 2 amide bonds. The number of nitrogens with one attached hydrogen (secondary N) is 1. The summed E-state index contributed by atoms with van der Waals surface area (Å²) in [6.45, 7) is 4.64. The van der Waals surface area contributed by atoms with Crippen LogP contribution in [0.25, 0.3) is 0 Å². The van der Waals surface area contributed by atoms with Crippen molar-refractivity contribution < 1.29 is 9.59 Å². The van der Waals surface area contributed by atoms with Crippen molar-refractivity contribution in [3.8, 4) is 0 Å². The van der Waals surface area contributed by atoms with E-state index in [9.17, 15) is 9.59 Å². The van der Waals surface area contributed by atoms with E-state index < -0.39 is 5.54 Å². The normalized spacial score (nSPS) is 25.8. The summed E-state index contributed by atoms with van der Waals surface area (Å²) in [5, 5.41) is 4.30. The molecule has 2 aromatic carbocycles. The molecule has 3 heterocycles. The number of piperazine rings is 1. The predicted octanol–water partition coefficient (Wildman–Crippen LogP) is 3.87. The maximum atomic E-state index is 13.7. The number of hydrogen-bond acceptors (Lipinski definition) is 4. The zero-order valence-electron chi connectivity index (χ0n) is 19.4. The highest BCUT2D eigenvalue weighted by Gasteiger charge is 2.52. The molecule has 34 heavy (non-hydrogen) atoms. The van der Waals surface area contributed by atoms with Crippen molar-refractivity contribution in [2.24, 2.45) is 5.92 Å². The summed E-state index contributed by atoms with van der Waals surface area (Å²) in [4.78, 5) is 33.7. The molecule has 8 heteroatoms. The lowest BCUT2D eigenvalue weighted by Crippen LogP contribution is -2.58. The van der Waals surface area contributed by atoms with E-state index in [1.807, 2.05) is 47.4 Å². The van der Waals surface area contributed by atoms with E-state index in [2.05, 4.69) is 22.2 Å². The third-order valence-corrected chi connectivity index (χ3v) is 8.00. The molecule has 5 rings (SSSR count). The van der Waals surface area contributed by atoms with Crippen LogP contribution in [0.5, 0.6) is 0 Å². The maximum absolute atomic E-state index is 13.7. The molecule has 3 aliphatic rings. The summed E-state index contributed by atoms with van der Waals surface area (Å²) in [5.41, 5.74) is 1.73.